The number of halogens is 1. The van der Waals surface area contributed by atoms with Crippen molar-refractivity contribution in [1.29, 1.82) is 0 Å². The first-order valence-corrected chi connectivity index (χ1v) is 14.2. The predicted molar refractivity (Wildman–Crippen MR) is 145 cm³/mol. The quantitative estimate of drug-likeness (QED) is 0.366. The second-order valence-corrected chi connectivity index (χ2v) is 10.9. The van der Waals surface area contributed by atoms with Crippen LogP contribution in [0.4, 0.5) is 4.79 Å². The number of nitrogens with one attached hydrogen (secondary N) is 3. The molecule has 202 valence electrons. The maximum absolute atomic E-state index is 13.3. The summed E-state index contributed by atoms with van der Waals surface area (Å²) in [5, 5.41) is 10.1. The Balaban J connectivity index is 1.64. The van der Waals surface area contributed by atoms with Crippen LogP contribution in [0, 0.1) is 11.8 Å². The van der Waals surface area contributed by atoms with Crippen LogP contribution >= 0.6 is 11.6 Å². The van der Waals surface area contributed by atoms with Gasteiger partial charge in [-0.25, -0.2) is 4.79 Å². The van der Waals surface area contributed by atoms with E-state index in [1.54, 1.807) is 0 Å². The van der Waals surface area contributed by atoms with Gasteiger partial charge in [0.05, 0.1) is 6.10 Å². The highest BCUT2D eigenvalue weighted by atomic mass is 35.5. The summed E-state index contributed by atoms with van der Waals surface area (Å²) < 4.78 is 6.19. The van der Waals surface area contributed by atoms with Gasteiger partial charge in [0.2, 0.25) is 5.91 Å². The number of hydrogen-bond donors (Lipinski definition) is 3. The molecule has 1 aromatic rings. The first-order valence-electron chi connectivity index (χ1n) is 13.8. The molecular weight excluding hydrogens is 476 g/mol. The third-order valence-corrected chi connectivity index (χ3v) is 7.67. The molecule has 8 heteroatoms. The molecule has 3 amide bonds. The predicted octanol–water partition coefficient (Wildman–Crippen LogP) is 4.90. The van der Waals surface area contributed by atoms with Gasteiger partial charge in [0.1, 0.15) is 6.61 Å². The van der Waals surface area contributed by atoms with Gasteiger partial charge < -0.3 is 25.6 Å². The molecule has 7 nitrogen and oxygen atoms in total. The summed E-state index contributed by atoms with van der Waals surface area (Å²) in [5.41, 5.74) is 0.948. The monoisotopic (exact) mass is 520 g/mol. The topological polar surface area (TPSA) is 82.7 Å². The second kappa shape index (κ2) is 15.4. The van der Waals surface area contributed by atoms with Gasteiger partial charge in [0.25, 0.3) is 0 Å². The third kappa shape index (κ3) is 9.24. The summed E-state index contributed by atoms with van der Waals surface area (Å²) >= 11 is 6.29. The Hall–Kier alpha value is -1.83. The molecule has 1 saturated carbocycles. The standard InChI is InChI=1S/C28H45ClN4O3/c1-3-14-31-26(34)20-36-27(22-11-7-13-24(29)17-22)23-12-8-15-33(19-23)28(35)32-25(18-30-2)16-21-9-5-4-6-10-21/h7,11,13,17,21,23,25,27,30H,3-6,8-10,12,14-16,18-20H2,1-2H3,(H,31,34)(H,32,35). The Morgan fingerprint density at radius 2 is 1.97 bits per heavy atom. The summed E-state index contributed by atoms with van der Waals surface area (Å²) in [6, 6.07) is 7.78. The molecule has 0 bridgehead atoms. The molecule has 1 heterocycles. The van der Waals surface area contributed by atoms with E-state index >= 15 is 0 Å². The Labute approximate surface area is 222 Å². The van der Waals surface area contributed by atoms with E-state index in [2.05, 4.69) is 16.0 Å². The fraction of sp³-hybridized carbons (Fsp3) is 0.714. The lowest BCUT2D eigenvalue weighted by atomic mass is 9.85. The van der Waals surface area contributed by atoms with Crippen LogP contribution in [0.2, 0.25) is 5.02 Å². The molecule has 0 aromatic heterocycles. The molecular formula is C28H45ClN4O3. The van der Waals surface area contributed by atoms with Gasteiger partial charge >= 0.3 is 6.03 Å². The third-order valence-electron chi connectivity index (χ3n) is 7.44. The van der Waals surface area contributed by atoms with E-state index in [1.807, 2.05) is 43.1 Å². The summed E-state index contributed by atoms with van der Waals surface area (Å²) in [4.78, 5) is 27.5. The lowest BCUT2D eigenvalue weighted by Crippen LogP contribution is -2.52. The average molecular weight is 521 g/mol. The molecule has 1 aliphatic heterocycles. The van der Waals surface area contributed by atoms with Gasteiger partial charge in [-0.3, -0.25) is 4.79 Å². The highest BCUT2D eigenvalue weighted by molar-refractivity contribution is 6.30. The van der Waals surface area contributed by atoms with E-state index in [1.165, 1.54) is 32.1 Å². The number of likely N-dealkylation sites (N-methyl/N-ethyl adjacent to an activating group) is 1. The second-order valence-electron chi connectivity index (χ2n) is 10.4. The Kier molecular flexibility index (Phi) is 12.3. The van der Waals surface area contributed by atoms with Gasteiger partial charge in [0, 0.05) is 43.2 Å². The number of rotatable bonds is 12. The van der Waals surface area contributed by atoms with Crippen molar-refractivity contribution in [3.05, 3.63) is 34.9 Å². The van der Waals surface area contributed by atoms with Crippen LogP contribution in [0.3, 0.4) is 0 Å². The number of amides is 3. The smallest absolute Gasteiger partial charge is 0.317 e. The Bertz CT molecular complexity index is 818. The number of hydrogen-bond acceptors (Lipinski definition) is 4. The molecule has 0 spiro atoms. The SMILES string of the molecule is CCCNC(=O)COC(c1cccc(Cl)c1)C1CCCN(C(=O)NC(CNC)CC2CCCCC2)C1. The van der Waals surface area contributed by atoms with Gasteiger partial charge in [-0.1, -0.05) is 62.8 Å². The first kappa shape index (κ1) is 28.7. The largest absolute Gasteiger partial charge is 0.363 e. The number of benzene rings is 1. The van der Waals surface area contributed by atoms with E-state index in [0.717, 1.165) is 44.3 Å². The maximum Gasteiger partial charge on any atom is 0.317 e. The first-order chi connectivity index (χ1) is 17.5. The summed E-state index contributed by atoms with van der Waals surface area (Å²) in [7, 11) is 1.94. The van der Waals surface area contributed by atoms with Crippen LogP contribution < -0.4 is 16.0 Å². The molecule has 1 aliphatic carbocycles. The molecule has 3 unspecified atom stereocenters. The fourth-order valence-corrected chi connectivity index (χ4v) is 5.84. The van der Waals surface area contributed by atoms with E-state index in [0.29, 0.717) is 24.0 Å². The van der Waals surface area contributed by atoms with Crippen LogP contribution in [-0.2, 0) is 9.53 Å². The van der Waals surface area contributed by atoms with E-state index in [4.69, 9.17) is 16.3 Å². The zero-order valence-electron chi connectivity index (χ0n) is 22.1. The Morgan fingerprint density at radius 1 is 1.17 bits per heavy atom. The number of piperidine rings is 1. The van der Waals surface area contributed by atoms with Crippen LogP contribution in [0.5, 0.6) is 0 Å². The minimum Gasteiger partial charge on any atom is -0.363 e. The van der Waals surface area contributed by atoms with Crippen molar-refractivity contribution in [3.63, 3.8) is 0 Å². The average Bonchev–Trinajstić information content (AvgIpc) is 2.88. The molecule has 1 saturated heterocycles. The summed E-state index contributed by atoms with van der Waals surface area (Å²) in [5.74, 6) is 0.668. The van der Waals surface area contributed by atoms with Crippen molar-refractivity contribution < 1.29 is 14.3 Å². The van der Waals surface area contributed by atoms with Crippen molar-refractivity contribution in [3.8, 4) is 0 Å². The van der Waals surface area contributed by atoms with Crippen LogP contribution in [-0.4, -0.2) is 62.7 Å². The van der Waals surface area contributed by atoms with E-state index in [-0.39, 0.29) is 36.6 Å². The van der Waals surface area contributed by atoms with Crippen LogP contribution in [0.1, 0.15) is 76.4 Å². The molecule has 3 rings (SSSR count). The minimum atomic E-state index is -0.304. The lowest BCUT2D eigenvalue weighted by Gasteiger charge is -2.38. The molecule has 2 fully saturated rings. The van der Waals surface area contributed by atoms with E-state index < -0.39 is 0 Å². The number of carbonyl (C=O) groups is 2. The fourth-order valence-electron chi connectivity index (χ4n) is 5.64. The zero-order chi connectivity index (χ0) is 25.8. The molecule has 36 heavy (non-hydrogen) atoms. The van der Waals surface area contributed by atoms with Crippen molar-refractivity contribution in [2.45, 2.75) is 76.9 Å². The van der Waals surface area contributed by atoms with Gasteiger partial charge in [-0.15, -0.1) is 0 Å². The molecule has 1 aromatic carbocycles. The van der Waals surface area contributed by atoms with Crippen LogP contribution in [0.25, 0.3) is 0 Å². The number of ether oxygens (including phenoxy) is 1. The van der Waals surface area contributed by atoms with Crippen LogP contribution in [0.15, 0.2) is 24.3 Å². The number of carbonyl (C=O) groups excluding carboxylic acids is 2. The van der Waals surface area contributed by atoms with Gasteiger partial charge in [0.15, 0.2) is 0 Å². The number of nitrogens with zero attached hydrogens (tertiary/aromatic N) is 1. The minimum absolute atomic E-state index is 0.00120. The zero-order valence-corrected chi connectivity index (χ0v) is 22.8. The highest BCUT2D eigenvalue weighted by Crippen LogP contribution is 2.34. The summed E-state index contributed by atoms with van der Waals surface area (Å²) in [6.45, 7) is 4.75. The Morgan fingerprint density at radius 3 is 2.69 bits per heavy atom. The highest BCUT2D eigenvalue weighted by Gasteiger charge is 2.32. The van der Waals surface area contributed by atoms with Crippen molar-refractivity contribution in [1.82, 2.24) is 20.9 Å². The molecule has 0 radical (unpaired) electrons. The molecule has 3 atom stereocenters. The molecule has 3 N–H and O–H groups in total. The lowest BCUT2D eigenvalue weighted by molar-refractivity contribution is -0.129. The van der Waals surface area contributed by atoms with Crippen molar-refractivity contribution in [2.24, 2.45) is 11.8 Å². The van der Waals surface area contributed by atoms with Gasteiger partial charge in [-0.05, 0) is 56.3 Å². The summed E-state index contributed by atoms with van der Waals surface area (Å²) in [6.07, 6.45) is 9.93. The normalized spacial score (nSPS) is 20.5. The van der Waals surface area contributed by atoms with Crippen molar-refractivity contribution in [2.75, 3.05) is 39.8 Å². The van der Waals surface area contributed by atoms with Gasteiger partial charge in [-0.2, -0.15) is 0 Å². The molecule has 2 aliphatic rings. The number of urea groups is 1. The number of likely N-dealkylation sites (tertiary alicyclic amines) is 1. The van der Waals surface area contributed by atoms with E-state index in [9.17, 15) is 9.59 Å². The maximum atomic E-state index is 13.3. The van der Waals surface area contributed by atoms with Crippen molar-refractivity contribution >= 4 is 23.5 Å².